The van der Waals surface area contributed by atoms with Gasteiger partial charge in [-0.3, -0.25) is 0 Å². The van der Waals surface area contributed by atoms with Gasteiger partial charge in [-0.2, -0.15) is 4.98 Å². The molecule has 0 aliphatic rings. The maximum absolute atomic E-state index is 5.86. The van der Waals surface area contributed by atoms with Gasteiger partial charge in [0.05, 0.1) is 0 Å². The molecular weight excluding hydrogens is 282 g/mol. The summed E-state index contributed by atoms with van der Waals surface area (Å²) in [5.41, 5.74) is 0.716. The van der Waals surface area contributed by atoms with Gasteiger partial charge >= 0.3 is 0 Å². The molecule has 3 nitrogen and oxygen atoms in total. The minimum absolute atomic E-state index is 0.133. The van der Waals surface area contributed by atoms with Crippen LogP contribution in [0, 0.1) is 6.92 Å². The molecule has 0 aliphatic carbocycles. The Morgan fingerprint density at radius 3 is 2.18 bits per heavy atom. The van der Waals surface area contributed by atoms with Crippen LogP contribution in [0.25, 0.3) is 0 Å². The Balaban J connectivity index is 2.31. The Morgan fingerprint density at radius 1 is 0.941 bits per heavy atom. The molecule has 1 aromatic carbocycles. The highest BCUT2D eigenvalue weighted by atomic mass is 35.5. The van der Waals surface area contributed by atoms with Crippen molar-refractivity contribution in [2.75, 3.05) is 0 Å². The predicted molar refractivity (Wildman–Crippen MR) is 68.3 cm³/mol. The van der Waals surface area contributed by atoms with Crippen molar-refractivity contribution in [1.29, 1.82) is 0 Å². The first kappa shape index (κ1) is 12.4. The highest BCUT2D eigenvalue weighted by Crippen LogP contribution is 2.27. The van der Waals surface area contributed by atoms with Crippen molar-refractivity contribution >= 4 is 34.8 Å². The fraction of sp³-hybridized carbons (Fsp3) is 0.0909. The van der Waals surface area contributed by atoms with Gasteiger partial charge in [-0.25, -0.2) is 4.98 Å². The fourth-order valence-electron chi connectivity index (χ4n) is 1.27. The van der Waals surface area contributed by atoms with E-state index < -0.39 is 0 Å². The number of aryl methyl sites for hydroxylation is 1. The molecule has 0 saturated heterocycles. The van der Waals surface area contributed by atoms with Gasteiger partial charge in [-0.1, -0.05) is 23.2 Å². The highest BCUT2D eigenvalue weighted by molar-refractivity contribution is 6.34. The Morgan fingerprint density at radius 2 is 1.59 bits per heavy atom. The lowest BCUT2D eigenvalue weighted by atomic mass is 10.3. The molecule has 17 heavy (non-hydrogen) atoms. The average Bonchev–Trinajstić information content (AvgIpc) is 2.13. The van der Waals surface area contributed by atoms with Gasteiger partial charge in [-0.15, -0.1) is 0 Å². The van der Waals surface area contributed by atoms with Gasteiger partial charge in [0.1, 0.15) is 5.75 Å². The summed E-state index contributed by atoms with van der Waals surface area (Å²) in [6, 6.07) is 6.56. The number of benzene rings is 1. The zero-order valence-corrected chi connectivity index (χ0v) is 11.0. The molecule has 1 aromatic heterocycles. The molecule has 2 rings (SSSR count). The Kier molecular flexibility index (Phi) is 3.72. The van der Waals surface area contributed by atoms with Crippen LogP contribution in [0.3, 0.4) is 0 Å². The van der Waals surface area contributed by atoms with E-state index in [2.05, 4.69) is 9.97 Å². The lowest BCUT2D eigenvalue weighted by molar-refractivity contribution is 0.461. The van der Waals surface area contributed by atoms with Gasteiger partial charge in [0.15, 0.2) is 0 Å². The summed E-state index contributed by atoms with van der Waals surface area (Å²) in [5.74, 6) is 0.845. The normalized spacial score (nSPS) is 10.4. The van der Waals surface area contributed by atoms with Crippen LogP contribution >= 0.6 is 34.8 Å². The maximum atomic E-state index is 5.86. The number of hydrogen-bond acceptors (Lipinski definition) is 3. The highest BCUT2D eigenvalue weighted by Gasteiger charge is 2.04. The molecule has 0 N–H and O–H groups in total. The topological polar surface area (TPSA) is 35.0 Å². The standard InChI is InChI=1S/C11H7Cl3N2O/c1-6-2-10(16-11(14)15-6)17-9-4-7(12)3-8(13)5-9/h2-5H,1H3. The smallest absolute Gasteiger partial charge is 0.225 e. The van der Waals surface area contributed by atoms with E-state index in [4.69, 9.17) is 39.5 Å². The Bertz CT molecular complexity index is 470. The summed E-state index contributed by atoms with van der Waals surface area (Å²) in [6.07, 6.45) is 0. The Labute approximate surface area is 113 Å². The first-order valence-electron chi connectivity index (χ1n) is 4.68. The molecule has 6 heteroatoms. The van der Waals surface area contributed by atoms with Crippen molar-refractivity contribution in [3.05, 3.63) is 45.3 Å². The minimum atomic E-state index is 0.133. The second-order valence-corrected chi connectivity index (χ2v) is 4.53. The van der Waals surface area contributed by atoms with E-state index in [0.29, 0.717) is 27.4 Å². The quantitative estimate of drug-likeness (QED) is 0.761. The van der Waals surface area contributed by atoms with Crippen LogP contribution in [0.2, 0.25) is 15.3 Å². The minimum Gasteiger partial charge on any atom is -0.439 e. The molecule has 0 spiro atoms. The number of halogens is 3. The molecule has 2 aromatic rings. The maximum Gasteiger partial charge on any atom is 0.225 e. The summed E-state index contributed by atoms with van der Waals surface area (Å²) >= 11 is 17.4. The van der Waals surface area contributed by atoms with Crippen LogP contribution in [-0.2, 0) is 0 Å². The molecule has 0 unspecified atom stereocenters. The summed E-state index contributed by atoms with van der Waals surface area (Å²) < 4.78 is 5.50. The largest absolute Gasteiger partial charge is 0.439 e. The fourth-order valence-corrected chi connectivity index (χ4v) is 1.99. The molecule has 1 heterocycles. The number of nitrogens with zero attached hydrogens (tertiary/aromatic N) is 2. The summed E-state index contributed by atoms with van der Waals surface area (Å²) in [6.45, 7) is 1.80. The molecule has 0 atom stereocenters. The molecule has 0 saturated carbocycles. The van der Waals surface area contributed by atoms with Gasteiger partial charge < -0.3 is 4.74 Å². The lowest BCUT2D eigenvalue weighted by Crippen LogP contribution is -1.92. The molecule has 0 radical (unpaired) electrons. The third kappa shape index (κ3) is 3.46. The second kappa shape index (κ2) is 5.08. The van der Waals surface area contributed by atoms with Crippen molar-refractivity contribution in [3.8, 4) is 11.6 Å². The van der Waals surface area contributed by atoms with Crippen molar-refractivity contribution in [3.63, 3.8) is 0 Å². The van der Waals surface area contributed by atoms with E-state index in [-0.39, 0.29) is 5.28 Å². The molecule has 0 aliphatic heterocycles. The first-order valence-corrected chi connectivity index (χ1v) is 5.81. The first-order chi connectivity index (χ1) is 8.02. The van der Waals surface area contributed by atoms with Crippen molar-refractivity contribution in [1.82, 2.24) is 9.97 Å². The second-order valence-electron chi connectivity index (χ2n) is 3.32. The zero-order valence-electron chi connectivity index (χ0n) is 8.75. The van der Waals surface area contributed by atoms with Gasteiger partial charge in [0.2, 0.25) is 11.2 Å². The third-order valence-corrected chi connectivity index (χ3v) is 2.47. The summed E-state index contributed by atoms with van der Waals surface area (Å²) in [4.78, 5) is 7.87. The van der Waals surface area contributed by atoms with E-state index >= 15 is 0 Å². The zero-order chi connectivity index (χ0) is 12.4. The van der Waals surface area contributed by atoms with E-state index in [1.165, 1.54) is 0 Å². The van der Waals surface area contributed by atoms with E-state index in [0.717, 1.165) is 0 Å². The van der Waals surface area contributed by atoms with E-state index in [9.17, 15) is 0 Å². The van der Waals surface area contributed by atoms with E-state index in [1.807, 2.05) is 0 Å². The molecule has 0 fully saturated rings. The monoisotopic (exact) mass is 288 g/mol. The average molecular weight is 290 g/mol. The summed E-state index contributed by atoms with van der Waals surface area (Å²) in [5, 5.41) is 1.11. The van der Waals surface area contributed by atoms with Crippen LogP contribution in [-0.4, -0.2) is 9.97 Å². The van der Waals surface area contributed by atoms with Crippen LogP contribution < -0.4 is 4.74 Å². The van der Waals surface area contributed by atoms with Crippen molar-refractivity contribution < 1.29 is 4.74 Å². The summed E-state index contributed by atoms with van der Waals surface area (Å²) in [7, 11) is 0. The van der Waals surface area contributed by atoms with Crippen LogP contribution in [0.1, 0.15) is 5.69 Å². The van der Waals surface area contributed by atoms with Crippen LogP contribution in [0.5, 0.6) is 11.6 Å². The van der Waals surface area contributed by atoms with Crippen molar-refractivity contribution in [2.45, 2.75) is 6.92 Å². The SMILES string of the molecule is Cc1cc(Oc2cc(Cl)cc(Cl)c2)nc(Cl)n1. The number of hydrogen-bond donors (Lipinski definition) is 0. The third-order valence-electron chi connectivity index (χ3n) is 1.86. The molecule has 0 bridgehead atoms. The lowest BCUT2D eigenvalue weighted by Gasteiger charge is -2.06. The van der Waals surface area contributed by atoms with Gasteiger partial charge in [0, 0.05) is 21.8 Å². The number of aromatic nitrogens is 2. The molecular formula is C11H7Cl3N2O. The number of ether oxygens (including phenoxy) is 1. The van der Waals surface area contributed by atoms with Gasteiger partial charge in [-0.05, 0) is 36.7 Å². The molecule has 88 valence electrons. The van der Waals surface area contributed by atoms with Gasteiger partial charge in [0.25, 0.3) is 0 Å². The van der Waals surface area contributed by atoms with Crippen LogP contribution in [0.15, 0.2) is 24.3 Å². The van der Waals surface area contributed by atoms with Crippen molar-refractivity contribution in [2.24, 2.45) is 0 Å². The van der Waals surface area contributed by atoms with E-state index in [1.54, 1.807) is 31.2 Å². The predicted octanol–water partition coefficient (Wildman–Crippen LogP) is 4.54. The van der Waals surface area contributed by atoms with Crippen LogP contribution in [0.4, 0.5) is 0 Å². The molecule has 0 amide bonds. The Hall–Kier alpha value is -1.03. The number of rotatable bonds is 2.